The summed E-state index contributed by atoms with van der Waals surface area (Å²) in [7, 11) is 1.21. The molecule has 132 valence electrons. The molecule has 25 heavy (non-hydrogen) atoms. The quantitative estimate of drug-likeness (QED) is 0.814. The fraction of sp³-hybridized carbons (Fsp3) is 0.176. The van der Waals surface area contributed by atoms with Crippen molar-refractivity contribution >= 4 is 29.2 Å². The molecule has 2 aromatic rings. The number of carbonyl (C=O) groups excluding carboxylic acids is 2. The number of carbonyl (C=O) groups is 2. The van der Waals surface area contributed by atoms with Gasteiger partial charge in [-0.3, -0.25) is 4.79 Å². The molecule has 0 aliphatic carbocycles. The lowest BCUT2D eigenvalue weighted by Gasteiger charge is -2.11. The third-order valence-corrected chi connectivity index (χ3v) is 3.61. The van der Waals surface area contributed by atoms with Crippen LogP contribution in [0.3, 0.4) is 0 Å². The molecule has 0 bridgehead atoms. The summed E-state index contributed by atoms with van der Waals surface area (Å²) >= 11 is 5.96. The number of hydrogen-bond donors (Lipinski definition) is 1. The van der Waals surface area contributed by atoms with Crippen molar-refractivity contribution in [1.82, 2.24) is 0 Å². The van der Waals surface area contributed by atoms with Crippen molar-refractivity contribution in [3.8, 4) is 0 Å². The van der Waals surface area contributed by atoms with Crippen LogP contribution in [-0.2, 0) is 22.1 Å². The summed E-state index contributed by atoms with van der Waals surface area (Å²) < 4.78 is 42.7. The number of ether oxygens (including phenoxy) is 1. The van der Waals surface area contributed by atoms with Gasteiger partial charge in [0.2, 0.25) is 5.91 Å². The molecule has 2 aromatic carbocycles. The minimum atomic E-state index is -4.48. The molecule has 0 spiro atoms. The molecule has 0 radical (unpaired) electrons. The second kappa shape index (κ2) is 7.57. The van der Waals surface area contributed by atoms with E-state index in [1.165, 1.54) is 37.4 Å². The lowest BCUT2D eigenvalue weighted by atomic mass is 10.1. The molecule has 0 unspecified atom stereocenters. The van der Waals surface area contributed by atoms with E-state index in [1.54, 1.807) is 0 Å². The van der Waals surface area contributed by atoms with Crippen LogP contribution >= 0.6 is 11.6 Å². The van der Waals surface area contributed by atoms with E-state index >= 15 is 0 Å². The van der Waals surface area contributed by atoms with Crippen molar-refractivity contribution in [2.24, 2.45) is 0 Å². The topological polar surface area (TPSA) is 55.4 Å². The molecule has 4 nitrogen and oxygen atoms in total. The van der Waals surface area contributed by atoms with E-state index < -0.39 is 23.6 Å². The Bertz CT molecular complexity index is 806. The molecule has 0 saturated heterocycles. The fourth-order valence-electron chi connectivity index (χ4n) is 2.10. The van der Waals surface area contributed by atoms with E-state index in [1.807, 2.05) is 0 Å². The van der Waals surface area contributed by atoms with Crippen molar-refractivity contribution in [1.29, 1.82) is 0 Å². The van der Waals surface area contributed by atoms with E-state index in [2.05, 4.69) is 10.1 Å². The molecule has 8 heteroatoms. The number of benzene rings is 2. The predicted molar refractivity (Wildman–Crippen MR) is 86.6 cm³/mol. The Labute approximate surface area is 146 Å². The first-order valence-electron chi connectivity index (χ1n) is 7.04. The molecule has 1 N–H and O–H groups in total. The number of esters is 1. The Morgan fingerprint density at radius 3 is 2.52 bits per heavy atom. The lowest BCUT2D eigenvalue weighted by Crippen LogP contribution is -2.16. The number of anilines is 1. The highest BCUT2D eigenvalue weighted by molar-refractivity contribution is 6.33. The maximum atomic E-state index is 12.7. The largest absolute Gasteiger partial charge is 0.465 e. The van der Waals surface area contributed by atoms with Gasteiger partial charge in [0.15, 0.2) is 0 Å². The van der Waals surface area contributed by atoms with Crippen LogP contribution in [-0.4, -0.2) is 19.0 Å². The smallest absolute Gasteiger partial charge is 0.416 e. The number of alkyl halides is 3. The molecule has 0 aromatic heterocycles. The maximum absolute atomic E-state index is 12.7. The SMILES string of the molecule is COC(=O)c1ccc(Cl)c(NC(=O)Cc2cccc(C(F)(F)F)c2)c1. The summed E-state index contributed by atoms with van der Waals surface area (Å²) in [5.41, 5.74) is -0.279. The normalized spacial score (nSPS) is 11.1. The van der Waals surface area contributed by atoms with Gasteiger partial charge in [-0.05, 0) is 29.8 Å². The Kier molecular flexibility index (Phi) is 5.69. The highest BCUT2D eigenvalue weighted by Gasteiger charge is 2.30. The summed E-state index contributed by atoms with van der Waals surface area (Å²) in [5, 5.41) is 2.66. The van der Waals surface area contributed by atoms with E-state index in [9.17, 15) is 22.8 Å². The average molecular weight is 372 g/mol. The summed E-state index contributed by atoms with van der Waals surface area (Å²) in [6.07, 6.45) is -4.76. The van der Waals surface area contributed by atoms with Crippen molar-refractivity contribution in [3.63, 3.8) is 0 Å². The second-order valence-electron chi connectivity index (χ2n) is 5.11. The number of nitrogens with one attached hydrogen (secondary N) is 1. The molecule has 0 aliphatic heterocycles. The standard InChI is InChI=1S/C17H13ClF3NO3/c1-25-16(24)11-5-6-13(18)14(9-11)22-15(23)8-10-3-2-4-12(7-10)17(19,20)21/h2-7,9H,8H2,1H3,(H,22,23). The maximum Gasteiger partial charge on any atom is 0.416 e. The zero-order valence-electron chi connectivity index (χ0n) is 13.0. The minimum Gasteiger partial charge on any atom is -0.465 e. The van der Waals surface area contributed by atoms with Crippen LogP contribution in [0.1, 0.15) is 21.5 Å². The van der Waals surface area contributed by atoms with Crippen LogP contribution in [0.15, 0.2) is 42.5 Å². The van der Waals surface area contributed by atoms with Gasteiger partial charge in [-0.1, -0.05) is 29.8 Å². The molecule has 0 heterocycles. The monoisotopic (exact) mass is 371 g/mol. The van der Waals surface area contributed by atoms with Crippen LogP contribution in [0, 0.1) is 0 Å². The zero-order valence-corrected chi connectivity index (χ0v) is 13.7. The van der Waals surface area contributed by atoms with Gasteiger partial charge in [-0.25, -0.2) is 4.79 Å². The average Bonchev–Trinajstić information content (AvgIpc) is 2.55. The van der Waals surface area contributed by atoms with Crippen LogP contribution in [0.4, 0.5) is 18.9 Å². The van der Waals surface area contributed by atoms with E-state index in [-0.39, 0.29) is 28.3 Å². The van der Waals surface area contributed by atoms with Crippen LogP contribution in [0.25, 0.3) is 0 Å². The Hall–Kier alpha value is -2.54. The highest BCUT2D eigenvalue weighted by Crippen LogP contribution is 2.30. The van der Waals surface area contributed by atoms with Gasteiger partial charge in [-0.15, -0.1) is 0 Å². The van der Waals surface area contributed by atoms with Crippen LogP contribution < -0.4 is 5.32 Å². The van der Waals surface area contributed by atoms with Crippen LogP contribution in [0.5, 0.6) is 0 Å². The summed E-state index contributed by atoms with van der Waals surface area (Å²) in [5.74, 6) is -1.17. The molecular weight excluding hydrogens is 359 g/mol. The highest BCUT2D eigenvalue weighted by atomic mass is 35.5. The third-order valence-electron chi connectivity index (χ3n) is 3.28. The van der Waals surface area contributed by atoms with Crippen molar-refractivity contribution in [2.75, 3.05) is 12.4 Å². The van der Waals surface area contributed by atoms with Gasteiger partial charge in [0.25, 0.3) is 0 Å². The predicted octanol–water partition coefficient (Wildman–Crippen LogP) is 4.33. The van der Waals surface area contributed by atoms with Gasteiger partial charge >= 0.3 is 12.1 Å². The second-order valence-corrected chi connectivity index (χ2v) is 5.52. The van der Waals surface area contributed by atoms with Crippen molar-refractivity contribution in [2.45, 2.75) is 12.6 Å². The molecule has 0 atom stereocenters. The summed E-state index contributed by atoms with van der Waals surface area (Å²) in [6, 6.07) is 8.66. The lowest BCUT2D eigenvalue weighted by molar-refractivity contribution is -0.137. The van der Waals surface area contributed by atoms with Crippen LogP contribution in [0.2, 0.25) is 5.02 Å². The number of amides is 1. The van der Waals surface area contributed by atoms with E-state index in [0.29, 0.717) is 0 Å². The van der Waals surface area contributed by atoms with Crippen molar-refractivity contribution < 1.29 is 27.5 Å². The Morgan fingerprint density at radius 1 is 1.16 bits per heavy atom. The first-order chi connectivity index (χ1) is 11.7. The first kappa shape index (κ1) is 18.8. The number of hydrogen-bond acceptors (Lipinski definition) is 3. The molecule has 2 rings (SSSR count). The summed E-state index contributed by atoms with van der Waals surface area (Å²) in [4.78, 5) is 23.6. The van der Waals surface area contributed by atoms with Gasteiger partial charge < -0.3 is 10.1 Å². The molecular formula is C17H13ClF3NO3. The van der Waals surface area contributed by atoms with Gasteiger partial charge in [0.05, 0.1) is 35.4 Å². The first-order valence-corrected chi connectivity index (χ1v) is 7.42. The number of rotatable bonds is 4. The molecule has 0 aliphatic rings. The third kappa shape index (κ3) is 4.96. The van der Waals surface area contributed by atoms with E-state index in [4.69, 9.17) is 11.6 Å². The summed E-state index contributed by atoms with van der Waals surface area (Å²) in [6.45, 7) is 0. The minimum absolute atomic E-state index is 0.168. The van der Waals surface area contributed by atoms with Gasteiger partial charge in [0, 0.05) is 0 Å². The number of halogens is 4. The Morgan fingerprint density at radius 2 is 1.88 bits per heavy atom. The van der Waals surface area contributed by atoms with E-state index in [0.717, 1.165) is 12.1 Å². The molecule has 0 saturated carbocycles. The van der Waals surface area contributed by atoms with Gasteiger partial charge in [-0.2, -0.15) is 13.2 Å². The van der Waals surface area contributed by atoms with Gasteiger partial charge in [0.1, 0.15) is 0 Å². The fourth-order valence-corrected chi connectivity index (χ4v) is 2.27. The number of methoxy groups -OCH3 is 1. The molecule has 0 fully saturated rings. The zero-order chi connectivity index (χ0) is 18.6. The molecule has 1 amide bonds. The van der Waals surface area contributed by atoms with Crippen molar-refractivity contribution in [3.05, 3.63) is 64.2 Å². The Balaban J connectivity index is 2.14.